The summed E-state index contributed by atoms with van der Waals surface area (Å²) >= 11 is 0. The van der Waals surface area contributed by atoms with E-state index in [2.05, 4.69) is 28.8 Å². The highest BCUT2D eigenvalue weighted by molar-refractivity contribution is 5.58. The molecule has 0 radical (unpaired) electrons. The SMILES string of the molecule is C=C(CO)CC=CC(=CC)CN1CCC=N1. The standard InChI is InChI=1S/C13H20N2O/c1-3-13(7-4-6-12(2)11-16)10-15-9-5-8-14-15/h3-4,7-8,16H,2,5-6,9-11H2,1H3. The van der Waals surface area contributed by atoms with Gasteiger partial charge in [0.15, 0.2) is 0 Å². The Balaban J connectivity index is 2.37. The van der Waals surface area contributed by atoms with Crippen molar-refractivity contribution in [1.29, 1.82) is 0 Å². The van der Waals surface area contributed by atoms with Gasteiger partial charge < -0.3 is 5.11 Å². The van der Waals surface area contributed by atoms with E-state index in [0.29, 0.717) is 0 Å². The highest BCUT2D eigenvalue weighted by Gasteiger charge is 2.05. The summed E-state index contributed by atoms with van der Waals surface area (Å²) in [6.45, 7) is 7.70. The molecule has 88 valence electrons. The molecule has 0 bridgehead atoms. The lowest BCUT2D eigenvalue weighted by Gasteiger charge is -2.13. The predicted molar refractivity (Wildman–Crippen MR) is 68.4 cm³/mol. The minimum absolute atomic E-state index is 0.0614. The molecular weight excluding hydrogens is 200 g/mol. The molecule has 0 atom stereocenters. The lowest BCUT2D eigenvalue weighted by Crippen LogP contribution is -2.16. The fourth-order valence-corrected chi connectivity index (χ4v) is 1.45. The van der Waals surface area contributed by atoms with Gasteiger partial charge in [-0.05, 0) is 24.5 Å². The Morgan fingerprint density at radius 2 is 2.44 bits per heavy atom. The molecule has 1 aliphatic heterocycles. The van der Waals surface area contributed by atoms with Crippen LogP contribution in [0, 0.1) is 0 Å². The van der Waals surface area contributed by atoms with Gasteiger partial charge in [-0.1, -0.05) is 24.8 Å². The van der Waals surface area contributed by atoms with Crippen molar-refractivity contribution in [3.8, 4) is 0 Å². The molecule has 0 amide bonds. The van der Waals surface area contributed by atoms with Gasteiger partial charge in [0, 0.05) is 19.2 Å². The van der Waals surface area contributed by atoms with Crippen molar-refractivity contribution in [2.45, 2.75) is 19.8 Å². The zero-order valence-electron chi connectivity index (χ0n) is 9.89. The van der Waals surface area contributed by atoms with E-state index < -0.39 is 0 Å². The second kappa shape index (κ2) is 7.01. The minimum atomic E-state index is 0.0614. The first-order valence-corrected chi connectivity index (χ1v) is 5.63. The van der Waals surface area contributed by atoms with E-state index in [0.717, 1.165) is 31.5 Å². The van der Waals surface area contributed by atoms with Crippen LogP contribution in [0.1, 0.15) is 19.8 Å². The summed E-state index contributed by atoms with van der Waals surface area (Å²) in [5.74, 6) is 0. The number of hydrogen-bond acceptors (Lipinski definition) is 3. The van der Waals surface area contributed by atoms with Crippen LogP contribution in [0.15, 0.2) is 41.1 Å². The van der Waals surface area contributed by atoms with Crippen molar-refractivity contribution in [3.05, 3.63) is 36.0 Å². The van der Waals surface area contributed by atoms with E-state index >= 15 is 0 Å². The monoisotopic (exact) mass is 220 g/mol. The molecule has 0 saturated heterocycles. The maximum Gasteiger partial charge on any atom is 0.0642 e. The van der Waals surface area contributed by atoms with Crippen molar-refractivity contribution >= 4 is 6.21 Å². The number of aliphatic hydroxyl groups is 1. The Morgan fingerprint density at radius 3 is 3.00 bits per heavy atom. The van der Waals surface area contributed by atoms with Crippen molar-refractivity contribution in [2.24, 2.45) is 5.10 Å². The molecule has 0 saturated carbocycles. The molecule has 0 aromatic heterocycles. The fourth-order valence-electron chi connectivity index (χ4n) is 1.45. The van der Waals surface area contributed by atoms with Gasteiger partial charge >= 0.3 is 0 Å². The summed E-state index contributed by atoms with van der Waals surface area (Å²) in [5, 5.41) is 15.1. The first-order chi connectivity index (χ1) is 7.76. The number of rotatable bonds is 6. The highest BCUT2D eigenvalue weighted by Crippen LogP contribution is 2.07. The maximum absolute atomic E-state index is 8.81. The van der Waals surface area contributed by atoms with E-state index in [4.69, 9.17) is 5.11 Å². The van der Waals surface area contributed by atoms with Crippen LogP contribution in [0.25, 0.3) is 0 Å². The largest absolute Gasteiger partial charge is 0.392 e. The first kappa shape index (κ1) is 12.7. The second-order valence-electron chi connectivity index (χ2n) is 3.85. The molecule has 0 unspecified atom stereocenters. The number of allylic oxidation sites excluding steroid dienone is 2. The molecule has 16 heavy (non-hydrogen) atoms. The summed E-state index contributed by atoms with van der Waals surface area (Å²) in [4.78, 5) is 0. The average Bonchev–Trinajstić information content (AvgIpc) is 2.80. The number of aliphatic hydroxyl groups excluding tert-OH is 1. The molecule has 0 aliphatic carbocycles. The van der Waals surface area contributed by atoms with Crippen LogP contribution in [0.3, 0.4) is 0 Å². The fraction of sp³-hybridized carbons (Fsp3) is 0.462. The third kappa shape index (κ3) is 4.45. The Bertz CT molecular complexity index is 316. The quantitative estimate of drug-likeness (QED) is 0.550. The second-order valence-corrected chi connectivity index (χ2v) is 3.85. The molecule has 0 aromatic carbocycles. The zero-order valence-corrected chi connectivity index (χ0v) is 9.89. The van der Waals surface area contributed by atoms with Crippen LogP contribution in [-0.4, -0.2) is 36.0 Å². The van der Waals surface area contributed by atoms with E-state index in [9.17, 15) is 0 Å². The lowest BCUT2D eigenvalue weighted by molar-refractivity contribution is 0.329. The van der Waals surface area contributed by atoms with Crippen molar-refractivity contribution in [1.82, 2.24) is 5.01 Å². The van der Waals surface area contributed by atoms with Gasteiger partial charge in [-0.2, -0.15) is 5.10 Å². The normalized spacial score (nSPS) is 16.4. The molecule has 0 fully saturated rings. The van der Waals surface area contributed by atoms with Crippen molar-refractivity contribution in [2.75, 3.05) is 19.7 Å². The van der Waals surface area contributed by atoms with E-state index in [-0.39, 0.29) is 6.61 Å². The third-order valence-electron chi connectivity index (χ3n) is 2.46. The van der Waals surface area contributed by atoms with Gasteiger partial charge in [-0.15, -0.1) is 0 Å². The molecule has 1 rings (SSSR count). The summed E-state index contributed by atoms with van der Waals surface area (Å²) < 4.78 is 0. The minimum Gasteiger partial charge on any atom is -0.392 e. The molecule has 0 spiro atoms. The Hall–Kier alpha value is -1.35. The van der Waals surface area contributed by atoms with E-state index in [1.807, 2.05) is 19.2 Å². The molecular formula is C13H20N2O. The van der Waals surface area contributed by atoms with Gasteiger partial charge in [0.05, 0.1) is 13.2 Å². The van der Waals surface area contributed by atoms with E-state index in [1.165, 1.54) is 5.57 Å². The Morgan fingerprint density at radius 1 is 1.62 bits per heavy atom. The molecule has 1 aliphatic rings. The average molecular weight is 220 g/mol. The van der Waals surface area contributed by atoms with Gasteiger partial charge in [-0.25, -0.2) is 0 Å². The van der Waals surface area contributed by atoms with Gasteiger partial charge in [0.1, 0.15) is 0 Å². The van der Waals surface area contributed by atoms with Crippen LogP contribution in [0.5, 0.6) is 0 Å². The molecule has 1 N–H and O–H groups in total. The zero-order chi connectivity index (χ0) is 11.8. The molecule has 3 nitrogen and oxygen atoms in total. The Kier molecular flexibility index (Phi) is 5.57. The summed E-state index contributed by atoms with van der Waals surface area (Å²) in [6, 6.07) is 0. The molecule has 1 heterocycles. The van der Waals surface area contributed by atoms with Crippen LogP contribution in [-0.2, 0) is 0 Å². The van der Waals surface area contributed by atoms with Crippen LogP contribution in [0.2, 0.25) is 0 Å². The van der Waals surface area contributed by atoms with Crippen LogP contribution in [0.4, 0.5) is 0 Å². The van der Waals surface area contributed by atoms with E-state index in [1.54, 1.807) is 0 Å². The van der Waals surface area contributed by atoms with Crippen LogP contribution >= 0.6 is 0 Å². The number of nitrogens with zero attached hydrogens (tertiary/aromatic N) is 2. The number of hydrazone groups is 1. The molecule has 3 heteroatoms. The smallest absolute Gasteiger partial charge is 0.0642 e. The number of hydrogen-bond donors (Lipinski definition) is 1. The topological polar surface area (TPSA) is 35.8 Å². The highest BCUT2D eigenvalue weighted by atomic mass is 16.3. The summed E-state index contributed by atoms with van der Waals surface area (Å²) in [5.41, 5.74) is 2.08. The maximum atomic E-state index is 8.81. The predicted octanol–water partition coefficient (Wildman–Crippen LogP) is 2.12. The Labute approximate surface area is 97.5 Å². The van der Waals surface area contributed by atoms with Crippen molar-refractivity contribution < 1.29 is 5.11 Å². The van der Waals surface area contributed by atoms with Crippen molar-refractivity contribution in [3.63, 3.8) is 0 Å². The lowest BCUT2D eigenvalue weighted by atomic mass is 10.1. The van der Waals surface area contributed by atoms with Gasteiger partial charge in [0.2, 0.25) is 0 Å². The van der Waals surface area contributed by atoms with Gasteiger partial charge in [-0.3, -0.25) is 5.01 Å². The summed E-state index contributed by atoms with van der Waals surface area (Å²) in [6.07, 6.45) is 9.93. The molecule has 0 aromatic rings. The van der Waals surface area contributed by atoms with Crippen LogP contribution < -0.4 is 0 Å². The summed E-state index contributed by atoms with van der Waals surface area (Å²) in [7, 11) is 0. The third-order valence-corrected chi connectivity index (χ3v) is 2.46. The van der Waals surface area contributed by atoms with Gasteiger partial charge in [0.25, 0.3) is 0 Å². The first-order valence-electron chi connectivity index (χ1n) is 5.63.